The highest BCUT2D eigenvalue weighted by Gasteiger charge is 2.28. The fourth-order valence-electron chi connectivity index (χ4n) is 2.50. The Bertz CT molecular complexity index is 629. The van der Waals surface area contributed by atoms with E-state index in [1.807, 2.05) is 30.3 Å². The Balaban J connectivity index is 1.71. The average molecular weight is 258 g/mol. The summed E-state index contributed by atoms with van der Waals surface area (Å²) in [4.78, 5) is 14.9. The Hall–Kier alpha value is -1.65. The van der Waals surface area contributed by atoms with E-state index in [1.165, 1.54) is 0 Å². The van der Waals surface area contributed by atoms with Crippen molar-refractivity contribution in [3.05, 3.63) is 46.2 Å². The number of nitrogens with one attached hydrogen (secondary N) is 2. The molecule has 0 aliphatic heterocycles. The number of H-pyrrole nitrogens is 1. The van der Waals surface area contributed by atoms with Crippen LogP contribution in [0, 0.1) is 0 Å². The summed E-state index contributed by atoms with van der Waals surface area (Å²) in [5, 5.41) is 4.48. The molecule has 1 aromatic carbocycles. The molecule has 1 heterocycles. The fraction of sp³-hybridized carbons (Fsp3) is 0.400. The second kappa shape index (κ2) is 5.15. The molecule has 0 atom stereocenters. The fourth-order valence-corrected chi connectivity index (χ4v) is 2.50. The van der Waals surface area contributed by atoms with Crippen LogP contribution in [0.25, 0.3) is 10.9 Å². The van der Waals surface area contributed by atoms with Crippen molar-refractivity contribution in [2.24, 2.45) is 0 Å². The van der Waals surface area contributed by atoms with Crippen molar-refractivity contribution in [2.75, 3.05) is 7.11 Å². The number of para-hydroxylation sites is 1. The molecule has 1 aliphatic rings. The van der Waals surface area contributed by atoms with Crippen molar-refractivity contribution in [1.29, 1.82) is 0 Å². The molecule has 2 aromatic rings. The lowest BCUT2D eigenvalue weighted by Crippen LogP contribution is -2.45. The summed E-state index contributed by atoms with van der Waals surface area (Å²) in [7, 11) is 1.74. The van der Waals surface area contributed by atoms with Gasteiger partial charge in [-0.15, -0.1) is 0 Å². The van der Waals surface area contributed by atoms with Gasteiger partial charge in [-0.25, -0.2) is 0 Å². The predicted molar refractivity (Wildman–Crippen MR) is 75.2 cm³/mol. The maximum atomic E-state index is 12.0. The summed E-state index contributed by atoms with van der Waals surface area (Å²) in [5.74, 6) is 0. The smallest absolute Gasteiger partial charge is 0.252 e. The molecule has 4 heteroatoms. The summed E-state index contributed by atoms with van der Waals surface area (Å²) < 4.78 is 5.24. The number of aromatic amines is 1. The first kappa shape index (κ1) is 12.4. The third kappa shape index (κ3) is 2.55. The summed E-state index contributed by atoms with van der Waals surface area (Å²) >= 11 is 0. The Labute approximate surface area is 111 Å². The molecular formula is C15H18N2O2. The summed E-state index contributed by atoms with van der Waals surface area (Å²) in [5.41, 5.74) is 1.67. The van der Waals surface area contributed by atoms with Crippen LogP contribution in [0.3, 0.4) is 0 Å². The van der Waals surface area contributed by atoms with Gasteiger partial charge in [-0.2, -0.15) is 0 Å². The van der Waals surface area contributed by atoms with E-state index in [9.17, 15) is 4.79 Å². The monoisotopic (exact) mass is 258 g/mol. The largest absolute Gasteiger partial charge is 0.381 e. The van der Waals surface area contributed by atoms with Gasteiger partial charge < -0.3 is 15.0 Å². The van der Waals surface area contributed by atoms with Gasteiger partial charge in [-0.05, 0) is 30.4 Å². The highest BCUT2D eigenvalue weighted by molar-refractivity contribution is 5.78. The molecule has 0 saturated heterocycles. The van der Waals surface area contributed by atoms with E-state index < -0.39 is 0 Å². The number of hydrogen-bond donors (Lipinski definition) is 2. The molecule has 0 bridgehead atoms. The second-order valence-electron chi connectivity index (χ2n) is 5.12. The quantitative estimate of drug-likeness (QED) is 0.879. The Morgan fingerprint density at radius 2 is 2.16 bits per heavy atom. The molecule has 3 rings (SSSR count). The van der Waals surface area contributed by atoms with E-state index in [4.69, 9.17) is 4.74 Å². The van der Waals surface area contributed by atoms with Crippen LogP contribution in [-0.2, 0) is 11.3 Å². The van der Waals surface area contributed by atoms with Gasteiger partial charge in [-0.3, -0.25) is 4.79 Å². The number of methoxy groups -OCH3 is 1. The maximum absolute atomic E-state index is 12.0. The lowest BCUT2D eigenvalue weighted by Gasteiger charge is -2.34. The standard InChI is InChI=1S/C15H18N2O2/c1-19-13-7-12(8-13)16-9-11-6-10-4-2-3-5-14(10)17-15(11)18/h2-6,12-13,16H,7-9H2,1H3,(H,17,18). The van der Waals surface area contributed by atoms with Crippen LogP contribution >= 0.6 is 0 Å². The Morgan fingerprint density at radius 3 is 2.95 bits per heavy atom. The van der Waals surface area contributed by atoms with E-state index in [-0.39, 0.29) is 5.56 Å². The van der Waals surface area contributed by atoms with Crippen molar-refractivity contribution < 1.29 is 4.74 Å². The van der Waals surface area contributed by atoms with Crippen molar-refractivity contribution in [2.45, 2.75) is 31.5 Å². The lowest BCUT2D eigenvalue weighted by molar-refractivity contribution is 0.0170. The van der Waals surface area contributed by atoms with E-state index in [0.29, 0.717) is 18.7 Å². The number of ether oxygens (including phenoxy) is 1. The van der Waals surface area contributed by atoms with Gasteiger partial charge >= 0.3 is 0 Å². The zero-order chi connectivity index (χ0) is 13.2. The molecule has 2 N–H and O–H groups in total. The zero-order valence-corrected chi connectivity index (χ0v) is 11.0. The number of benzene rings is 1. The Morgan fingerprint density at radius 1 is 1.37 bits per heavy atom. The van der Waals surface area contributed by atoms with Crippen LogP contribution in [0.15, 0.2) is 35.1 Å². The minimum absolute atomic E-state index is 0.00573. The van der Waals surface area contributed by atoms with Crippen LogP contribution in [0.1, 0.15) is 18.4 Å². The number of aromatic nitrogens is 1. The molecule has 4 nitrogen and oxygen atoms in total. The maximum Gasteiger partial charge on any atom is 0.252 e. The molecular weight excluding hydrogens is 240 g/mol. The summed E-state index contributed by atoms with van der Waals surface area (Å²) in [6.45, 7) is 0.612. The Kier molecular flexibility index (Phi) is 3.36. The van der Waals surface area contributed by atoms with Gasteiger partial charge in [0.2, 0.25) is 0 Å². The highest BCUT2D eigenvalue weighted by Crippen LogP contribution is 2.22. The molecule has 19 heavy (non-hydrogen) atoms. The van der Waals surface area contributed by atoms with Gasteiger partial charge in [0.15, 0.2) is 0 Å². The van der Waals surface area contributed by atoms with Gasteiger partial charge in [-0.1, -0.05) is 18.2 Å². The lowest BCUT2D eigenvalue weighted by atomic mass is 9.89. The van der Waals surface area contributed by atoms with E-state index in [2.05, 4.69) is 10.3 Å². The number of pyridine rings is 1. The molecule has 1 aliphatic carbocycles. The molecule has 1 saturated carbocycles. The van der Waals surface area contributed by atoms with Crippen molar-refractivity contribution in [1.82, 2.24) is 10.3 Å². The van der Waals surface area contributed by atoms with Crippen molar-refractivity contribution in [3.63, 3.8) is 0 Å². The van der Waals surface area contributed by atoms with E-state index in [1.54, 1.807) is 7.11 Å². The first-order valence-corrected chi connectivity index (χ1v) is 6.63. The van der Waals surface area contributed by atoms with Crippen LogP contribution in [0.5, 0.6) is 0 Å². The van der Waals surface area contributed by atoms with Crippen LogP contribution in [-0.4, -0.2) is 24.2 Å². The van der Waals surface area contributed by atoms with E-state index >= 15 is 0 Å². The SMILES string of the molecule is COC1CC(NCc2cc3ccccc3[nH]c2=O)C1. The predicted octanol–water partition coefficient (Wildman–Crippen LogP) is 1.80. The number of rotatable bonds is 4. The summed E-state index contributed by atoms with van der Waals surface area (Å²) in [6, 6.07) is 10.3. The third-order valence-corrected chi connectivity index (χ3v) is 3.84. The molecule has 0 unspecified atom stereocenters. The molecule has 0 spiro atoms. The zero-order valence-electron chi connectivity index (χ0n) is 11.0. The first-order chi connectivity index (χ1) is 9.26. The van der Waals surface area contributed by atoms with Crippen LogP contribution < -0.4 is 10.9 Å². The second-order valence-corrected chi connectivity index (χ2v) is 5.12. The van der Waals surface area contributed by atoms with Crippen LogP contribution in [0.4, 0.5) is 0 Å². The summed E-state index contributed by atoms with van der Waals surface area (Å²) in [6.07, 6.45) is 2.44. The molecule has 1 aromatic heterocycles. The highest BCUT2D eigenvalue weighted by atomic mass is 16.5. The van der Waals surface area contributed by atoms with E-state index in [0.717, 1.165) is 29.3 Å². The van der Waals surface area contributed by atoms with Crippen molar-refractivity contribution in [3.8, 4) is 0 Å². The third-order valence-electron chi connectivity index (χ3n) is 3.84. The average Bonchev–Trinajstić information content (AvgIpc) is 2.37. The minimum atomic E-state index is -0.00573. The van der Waals surface area contributed by atoms with Crippen molar-refractivity contribution >= 4 is 10.9 Å². The normalized spacial score (nSPS) is 22.4. The molecule has 0 radical (unpaired) electrons. The first-order valence-electron chi connectivity index (χ1n) is 6.63. The van der Waals surface area contributed by atoms with Gasteiger partial charge in [0.25, 0.3) is 5.56 Å². The number of hydrogen-bond acceptors (Lipinski definition) is 3. The molecule has 0 amide bonds. The topological polar surface area (TPSA) is 54.1 Å². The molecule has 1 fully saturated rings. The van der Waals surface area contributed by atoms with Crippen LogP contribution in [0.2, 0.25) is 0 Å². The minimum Gasteiger partial charge on any atom is -0.381 e. The number of fused-ring (bicyclic) bond motifs is 1. The van der Waals surface area contributed by atoms with Gasteiger partial charge in [0.1, 0.15) is 0 Å². The van der Waals surface area contributed by atoms with Gasteiger partial charge in [0, 0.05) is 30.8 Å². The van der Waals surface area contributed by atoms with Gasteiger partial charge in [0.05, 0.1) is 6.10 Å². The molecule has 100 valence electrons.